The number of halogens is 2. The fraction of sp³-hybridized carbons (Fsp3) is 0.333. The van der Waals surface area contributed by atoms with Gasteiger partial charge >= 0.3 is 0 Å². The van der Waals surface area contributed by atoms with Crippen molar-refractivity contribution in [3.05, 3.63) is 62.4 Å². The first-order chi connectivity index (χ1) is 15.5. The van der Waals surface area contributed by atoms with Crippen molar-refractivity contribution < 1.29 is 4.79 Å². The summed E-state index contributed by atoms with van der Waals surface area (Å²) in [6.45, 7) is 2.86. The van der Waals surface area contributed by atoms with Gasteiger partial charge in [-0.15, -0.1) is 0 Å². The number of aliphatic imine (C=N–C) groups is 1. The Morgan fingerprint density at radius 2 is 1.81 bits per heavy atom. The Morgan fingerprint density at radius 3 is 2.56 bits per heavy atom. The Balaban J connectivity index is 1.58. The quantitative estimate of drug-likeness (QED) is 0.402. The van der Waals surface area contributed by atoms with Crippen molar-refractivity contribution in [2.75, 3.05) is 11.4 Å². The Morgan fingerprint density at radius 1 is 1.03 bits per heavy atom. The molecule has 0 spiro atoms. The van der Waals surface area contributed by atoms with Crippen LogP contribution in [0, 0.1) is 0 Å². The predicted octanol–water partition coefficient (Wildman–Crippen LogP) is 7.69. The Bertz CT molecular complexity index is 1130. The van der Waals surface area contributed by atoms with E-state index in [2.05, 4.69) is 11.8 Å². The molecule has 3 aliphatic rings. The lowest BCUT2D eigenvalue weighted by atomic mass is 9.94. The van der Waals surface area contributed by atoms with Gasteiger partial charge in [-0.25, -0.2) is 4.99 Å². The second kappa shape index (κ2) is 9.34. The number of hydrogen-bond donors (Lipinski definition) is 0. The van der Waals surface area contributed by atoms with E-state index in [9.17, 15) is 4.79 Å². The van der Waals surface area contributed by atoms with Crippen LogP contribution in [0.15, 0.2) is 62.3 Å². The highest BCUT2D eigenvalue weighted by Crippen LogP contribution is 2.52. The molecule has 0 unspecified atom stereocenters. The van der Waals surface area contributed by atoms with Gasteiger partial charge in [0.15, 0.2) is 5.17 Å². The van der Waals surface area contributed by atoms with Crippen LogP contribution in [0.4, 0.5) is 11.4 Å². The predicted molar refractivity (Wildman–Crippen MR) is 137 cm³/mol. The molecular formula is C24H23Cl2N3OS2. The van der Waals surface area contributed by atoms with Crippen molar-refractivity contribution in [3.63, 3.8) is 0 Å². The molecule has 2 aliphatic heterocycles. The van der Waals surface area contributed by atoms with Crippen LogP contribution < -0.4 is 4.90 Å². The zero-order valence-corrected chi connectivity index (χ0v) is 20.8. The van der Waals surface area contributed by atoms with Gasteiger partial charge in [0.25, 0.3) is 5.91 Å². The van der Waals surface area contributed by atoms with Crippen LogP contribution in [-0.2, 0) is 4.79 Å². The van der Waals surface area contributed by atoms with E-state index in [1.54, 1.807) is 11.8 Å². The van der Waals surface area contributed by atoms with E-state index in [4.69, 9.17) is 28.2 Å². The molecule has 5 rings (SSSR count). The first kappa shape index (κ1) is 22.2. The molecule has 0 radical (unpaired) electrons. The number of nitrogens with zero attached hydrogens (tertiary/aromatic N) is 3. The summed E-state index contributed by atoms with van der Waals surface area (Å²) in [6.07, 6.45) is 5.56. The largest absolute Gasteiger partial charge is 0.334 e. The van der Waals surface area contributed by atoms with Gasteiger partial charge in [0.1, 0.15) is 9.93 Å². The lowest BCUT2D eigenvalue weighted by Crippen LogP contribution is -2.40. The van der Waals surface area contributed by atoms with Gasteiger partial charge < -0.3 is 4.90 Å². The Kier molecular flexibility index (Phi) is 6.48. The molecule has 1 amide bonds. The molecular weight excluding hydrogens is 481 g/mol. The minimum atomic E-state index is 0.0579. The first-order valence-electron chi connectivity index (χ1n) is 10.9. The molecule has 2 aromatic carbocycles. The van der Waals surface area contributed by atoms with E-state index in [1.807, 2.05) is 47.4 Å². The number of amidine groups is 1. The van der Waals surface area contributed by atoms with Crippen LogP contribution in [0.5, 0.6) is 0 Å². The molecule has 0 aromatic heterocycles. The first-order valence-corrected chi connectivity index (χ1v) is 13.3. The second-order valence-electron chi connectivity index (χ2n) is 8.04. The lowest BCUT2D eigenvalue weighted by molar-refractivity contribution is -0.124. The third-order valence-electron chi connectivity index (χ3n) is 5.96. The van der Waals surface area contributed by atoms with Gasteiger partial charge in [-0.1, -0.05) is 60.3 Å². The van der Waals surface area contributed by atoms with Gasteiger partial charge in [-0.2, -0.15) is 0 Å². The molecule has 32 heavy (non-hydrogen) atoms. The standard InChI is InChI=1S/C24H23Cl2N3OS2/c1-2-28-19-14-16(26)11-12-20(19)31-23(28)21-22(30)29(18-9-4-3-5-10-18)24(32-21)27-17-8-6-7-15(25)13-17/h6-8,11-14,18H,2-5,9-10H2,1H3. The summed E-state index contributed by atoms with van der Waals surface area (Å²) in [4.78, 5) is 24.7. The SMILES string of the molecule is CCN1C(=C2SC(=Nc3cccc(Cl)c3)N(C3CCCCC3)C2=O)Sc2ccc(Cl)cc21. The minimum Gasteiger partial charge on any atom is -0.334 e. The lowest BCUT2D eigenvalue weighted by Gasteiger charge is -2.30. The maximum absolute atomic E-state index is 13.8. The number of carbonyl (C=O) groups is 1. The molecule has 2 fully saturated rings. The van der Waals surface area contributed by atoms with Gasteiger partial charge in [0, 0.05) is 27.5 Å². The number of amides is 1. The number of benzene rings is 2. The highest BCUT2D eigenvalue weighted by atomic mass is 35.5. The van der Waals surface area contributed by atoms with E-state index >= 15 is 0 Å². The third-order valence-corrected chi connectivity index (χ3v) is 8.78. The van der Waals surface area contributed by atoms with Crippen molar-refractivity contribution >= 4 is 69.2 Å². The smallest absolute Gasteiger partial charge is 0.269 e. The topological polar surface area (TPSA) is 35.9 Å². The third kappa shape index (κ3) is 4.18. The average Bonchev–Trinajstić information content (AvgIpc) is 3.30. The van der Waals surface area contributed by atoms with Gasteiger partial charge in [-0.3, -0.25) is 9.69 Å². The van der Waals surface area contributed by atoms with E-state index in [-0.39, 0.29) is 11.9 Å². The summed E-state index contributed by atoms with van der Waals surface area (Å²) >= 11 is 15.6. The number of thioether (sulfide) groups is 2. The zero-order valence-electron chi connectivity index (χ0n) is 17.7. The van der Waals surface area contributed by atoms with E-state index in [1.165, 1.54) is 18.2 Å². The van der Waals surface area contributed by atoms with Crippen LogP contribution in [0.3, 0.4) is 0 Å². The van der Waals surface area contributed by atoms with Crippen molar-refractivity contribution in [1.29, 1.82) is 0 Å². The molecule has 2 heterocycles. The maximum Gasteiger partial charge on any atom is 0.269 e. The number of carbonyl (C=O) groups excluding carboxylic acids is 1. The molecule has 2 aromatic rings. The van der Waals surface area contributed by atoms with Gasteiger partial charge in [0.2, 0.25) is 0 Å². The zero-order chi connectivity index (χ0) is 22.2. The van der Waals surface area contributed by atoms with Crippen molar-refractivity contribution in [2.24, 2.45) is 4.99 Å². The van der Waals surface area contributed by atoms with Crippen molar-refractivity contribution in [2.45, 2.75) is 50.0 Å². The summed E-state index contributed by atoms with van der Waals surface area (Å²) < 4.78 is 0. The molecule has 1 aliphatic carbocycles. The van der Waals surface area contributed by atoms with Crippen molar-refractivity contribution in [3.8, 4) is 0 Å². The van der Waals surface area contributed by atoms with E-state index in [0.717, 1.165) is 63.6 Å². The molecule has 0 N–H and O–H groups in total. The minimum absolute atomic E-state index is 0.0579. The summed E-state index contributed by atoms with van der Waals surface area (Å²) in [5.41, 5.74) is 1.83. The number of hydrogen-bond acceptors (Lipinski definition) is 5. The van der Waals surface area contributed by atoms with Crippen LogP contribution in [0.25, 0.3) is 0 Å². The molecule has 8 heteroatoms. The van der Waals surface area contributed by atoms with Crippen LogP contribution in [0.1, 0.15) is 39.0 Å². The Labute approximate surface area is 207 Å². The van der Waals surface area contributed by atoms with E-state index < -0.39 is 0 Å². The molecule has 0 atom stereocenters. The van der Waals surface area contributed by atoms with Crippen molar-refractivity contribution in [1.82, 2.24) is 4.90 Å². The van der Waals surface area contributed by atoms with Gasteiger partial charge in [-0.05, 0) is 67.9 Å². The number of anilines is 1. The normalized spacial score (nSPS) is 22.8. The van der Waals surface area contributed by atoms with Crippen LogP contribution in [0.2, 0.25) is 10.0 Å². The Hall–Kier alpha value is -1.60. The number of fused-ring (bicyclic) bond motifs is 1. The fourth-order valence-corrected chi connectivity index (χ4v) is 7.23. The summed E-state index contributed by atoms with van der Waals surface area (Å²) in [5, 5.41) is 3.06. The fourth-order valence-electron chi connectivity index (χ4n) is 4.45. The molecule has 1 saturated carbocycles. The molecule has 4 nitrogen and oxygen atoms in total. The maximum atomic E-state index is 13.8. The average molecular weight is 505 g/mol. The van der Waals surface area contributed by atoms with Crippen LogP contribution >= 0.6 is 46.7 Å². The highest BCUT2D eigenvalue weighted by molar-refractivity contribution is 8.19. The summed E-state index contributed by atoms with van der Waals surface area (Å²) in [5.74, 6) is 0.0579. The highest BCUT2D eigenvalue weighted by Gasteiger charge is 2.42. The summed E-state index contributed by atoms with van der Waals surface area (Å²) in [6, 6.07) is 13.6. The molecule has 1 saturated heterocycles. The van der Waals surface area contributed by atoms with Crippen LogP contribution in [-0.4, -0.2) is 28.6 Å². The molecule has 166 valence electrons. The second-order valence-corrected chi connectivity index (χ2v) is 10.9. The van der Waals surface area contributed by atoms with E-state index in [0.29, 0.717) is 10.0 Å². The molecule has 0 bridgehead atoms. The number of rotatable bonds is 3. The van der Waals surface area contributed by atoms with Gasteiger partial charge in [0.05, 0.1) is 11.4 Å². The monoisotopic (exact) mass is 503 g/mol. The summed E-state index contributed by atoms with van der Waals surface area (Å²) in [7, 11) is 0.